The summed E-state index contributed by atoms with van der Waals surface area (Å²) in [5.41, 5.74) is 2.95. The zero-order chi connectivity index (χ0) is 17.1. The normalized spacial score (nSPS) is 30.5. The Balaban J connectivity index is 1.92. The molecule has 3 heteroatoms. The molecule has 0 N–H and O–H groups in total. The van der Waals surface area contributed by atoms with Crippen molar-refractivity contribution >= 4 is 8.56 Å². The van der Waals surface area contributed by atoms with Gasteiger partial charge in [-0.15, -0.1) is 0 Å². The Morgan fingerprint density at radius 1 is 0.957 bits per heavy atom. The van der Waals surface area contributed by atoms with Gasteiger partial charge in [-0.3, -0.25) is 0 Å². The van der Waals surface area contributed by atoms with E-state index in [1.54, 1.807) is 0 Å². The van der Waals surface area contributed by atoms with Crippen LogP contribution in [0.3, 0.4) is 0 Å². The fraction of sp³-hybridized carbons (Fsp3) is 0.700. The molecule has 1 aliphatic heterocycles. The first kappa shape index (κ1) is 17.2. The Kier molecular flexibility index (Phi) is 3.87. The lowest BCUT2D eigenvalue weighted by Gasteiger charge is -2.48. The molecule has 0 radical (unpaired) electrons. The van der Waals surface area contributed by atoms with Crippen molar-refractivity contribution in [2.45, 2.75) is 70.4 Å². The molecule has 23 heavy (non-hydrogen) atoms. The van der Waals surface area contributed by atoms with Crippen LogP contribution >= 0.6 is 0 Å². The molecule has 3 rings (SSSR count). The predicted molar refractivity (Wildman–Crippen MR) is 98.1 cm³/mol. The molecule has 1 aromatic rings. The molecule has 2 nitrogen and oxygen atoms in total. The highest BCUT2D eigenvalue weighted by Crippen LogP contribution is 2.61. The lowest BCUT2D eigenvalue weighted by molar-refractivity contribution is 0.137. The molecule has 0 aromatic heterocycles. The summed E-state index contributed by atoms with van der Waals surface area (Å²) in [5.74, 6) is 0.615. The van der Waals surface area contributed by atoms with Gasteiger partial charge in [-0.1, -0.05) is 71.4 Å². The van der Waals surface area contributed by atoms with Gasteiger partial charge in [-0.2, -0.15) is 0 Å². The van der Waals surface area contributed by atoms with Crippen LogP contribution in [0.25, 0.3) is 0 Å². The van der Waals surface area contributed by atoms with E-state index in [9.17, 15) is 0 Å². The molecule has 1 saturated carbocycles. The SMILES string of the molecule is Cc1ccc(C23CO[Si](C(C)(C)C)(C(C)(C)C)OCC2C3)cc1. The van der Waals surface area contributed by atoms with Crippen LogP contribution in [-0.4, -0.2) is 21.8 Å². The van der Waals surface area contributed by atoms with Gasteiger partial charge in [-0.25, -0.2) is 0 Å². The molecule has 2 fully saturated rings. The first-order chi connectivity index (χ1) is 10.5. The van der Waals surface area contributed by atoms with Gasteiger partial charge in [0.25, 0.3) is 0 Å². The van der Waals surface area contributed by atoms with E-state index in [-0.39, 0.29) is 15.5 Å². The molecule has 1 saturated heterocycles. The maximum absolute atomic E-state index is 6.78. The molecular weight excluding hydrogens is 300 g/mol. The second-order valence-corrected chi connectivity index (χ2v) is 14.4. The average Bonchev–Trinajstić information content (AvgIpc) is 3.11. The molecule has 2 atom stereocenters. The van der Waals surface area contributed by atoms with Gasteiger partial charge in [0.1, 0.15) is 0 Å². The summed E-state index contributed by atoms with van der Waals surface area (Å²) >= 11 is 0. The molecular formula is C20H32O2Si. The Bertz CT molecular complexity index is 565. The van der Waals surface area contributed by atoms with Crippen LogP contribution in [0.15, 0.2) is 24.3 Å². The fourth-order valence-electron chi connectivity index (χ4n) is 4.58. The van der Waals surface area contributed by atoms with Crippen LogP contribution < -0.4 is 0 Å². The van der Waals surface area contributed by atoms with Crippen LogP contribution in [0.5, 0.6) is 0 Å². The van der Waals surface area contributed by atoms with Crippen LogP contribution in [0, 0.1) is 12.8 Å². The minimum atomic E-state index is -2.34. The van der Waals surface area contributed by atoms with Crippen molar-refractivity contribution in [1.82, 2.24) is 0 Å². The molecule has 2 unspecified atom stereocenters. The van der Waals surface area contributed by atoms with E-state index in [2.05, 4.69) is 72.7 Å². The molecule has 0 bridgehead atoms. The van der Waals surface area contributed by atoms with E-state index >= 15 is 0 Å². The maximum atomic E-state index is 6.78. The zero-order valence-corrected chi connectivity index (χ0v) is 16.8. The van der Waals surface area contributed by atoms with E-state index in [1.807, 2.05) is 0 Å². The second-order valence-electron chi connectivity index (χ2n) is 9.64. The molecule has 128 valence electrons. The average molecular weight is 333 g/mol. The first-order valence-corrected chi connectivity index (χ1v) is 10.7. The summed E-state index contributed by atoms with van der Waals surface area (Å²) in [6.07, 6.45) is 1.20. The Morgan fingerprint density at radius 3 is 2.04 bits per heavy atom. The topological polar surface area (TPSA) is 18.5 Å². The molecule has 1 aromatic carbocycles. The van der Waals surface area contributed by atoms with Crippen molar-refractivity contribution in [3.63, 3.8) is 0 Å². The van der Waals surface area contributed by atoms with Gasteiger partial charge in [0, 0.05) is 28.7 Å². The summed E-state index contributed by atoms with van der Waals surface area (Å²) in [4.78, 5) is 0. The number of aryl methyl sites for hydroxylation is 1. The predicted octanol–water partition coefficient (Wildman–Crippen LogP) is 5.34. The van der Waals surface area contributed by atoms with Gasteiger partial charge in [0.2, 0.25) is 0 Å². The number of fused-ring (bicyclic) bond motifs is 1. The van der Waals surface area contributed by atoms with E-state index in [1.165, 1.54) is 17.5 Å². The quantitative estimate of drug-likeness (QED) is 0.646. The first-order valence-electron chi connectivity index (χ1n) is 8.87. The Morgan fingerprint density at radius 2 is 1.52 bits per heavy atom. The summed E-state index contributed by atoms with van der Waals surface area (Å²) in [6.45, 7) is 17.6. The second kappa shape index (κ2) is 5.17. The third-order valence-electron chi connectivity index (χ3n) is 5.85. The number of benzene rings is 1. The van der Waals surface area contributed by atoms with Gasteiger partial charge >= 0.3 is 8.56 Å². The third kappa shape index (κ3) is 2.61. The minimum absolute atomic E-state index is 0.0660. The monoisotopic (exact) mass is 332 g/mol. The molecule has 1 aliphatic carbocycles. The summed E-state index contributed by atoms with van der Waals surface area (Å²) in [6, 6.07) is 9.04. The van der Waals surface area contributed by atoms with Crippen LogP contribution in [0.2, 0.25) is 10.1 Å². The van der Waals surface area contributed by atoms with Gasteiger partial charge in [-0.05, 0) is 24.8 Å². The van der Waals surface area contributed by atoms with Crippen molar-refractivity contribution in [2.75, 3.05) is 13.2 Å². The lowest BCUT2D eigenvalue weighted by atomic mass is 9.93. The van der Waals surface area contributed by atoms with Crippen molar-refractivity contribution < 1.29 is 8.85 Å². The van der Waals surface area contributed by atoms with Crippen molar-refractivity contribution in [3.05, 3.63) is 35.4 Å². The van der Waals surface area contributed by atoms with Crippen molar-refractivity contribution in [3.8, 4) is 0 Å². The molecule has 0 amide bonds. The highest BCUT2D eigenvalue weighted by atomic mass is 28.4. The largest absolute Gasteiger partial charge is 0.393 e. The smallest absolute Gasteiger partial charge is 0.349 e. The number of rotatable bonds is 1. The summed E-state index contributed by atoms with van der Waals surface area (Å²) in [7, 11) is -2.34. The van der Waals surface area contributed by atoms with E-state index in [4.69, 9.17) is 8.85 Å². The van der Waals surface area contributed by atoms with E-state index in [0.717, 1.165) is 13.2 Å². The molecule has 1 heterocycles. The highest BCUT2D eigenvalue weighted by Gasteiger charge is 2.65. The standard InChI is InChI=1S/C20H32O2Si/c1-15-8-10-16(11-9-15)20-12-17(20)13-21-23(22-14-20,18(2,3)4)19(5,6)7/h8-11,17H,12-14H2,1-7H3. The lowest BCUT2D eigenvalue weighted by Crippen LogP contribution is -2.57. The van der Waals surface area contributed by atoms with Crippen LogP contribution in [0.4, 0.5) is 0 Å². The fourth-order valence-corrected chi connectivity index (χ4v) is 9.54. The van der Waals surface area contributed by atoms with Crippen LogP contribution in [0.1, 0.15) is 59.1 Å². The van der Waals surface area contributed by atoms with Crippen molar-refractivity contribution in [2.24, 2.45) is 5.92 Å². The minimum Gasteiger partial charge on any atom is -0.393 e. The summed E-state index contributed by atoms with van der Waals surface area (Å²) < 4.78 is 13.4. The van der Waals surface area contributed by atoms with E-state index in [0.29, 0.717) is 5.92 Å². The summed E-state index contributed by atoms with van der Waals surface area (Å²) in [5, 5.41) is 0.132. The van der Waals surface area contributed by atoms with Gasteiger partial charge in [0.05, 0.1) is 0 Å². The maximum Gasteiger partial charge on any atom is 0.349 e. The number of hydrogen-bond acceptors (Lipinski definition) is 2. The van der Waals surface area contributed by atoms with Gasteiger partial charge < -0.3 is 8.85 Å². The highest BCUT2D eigenvalue weighted by molar-refractivity contribution is 6.73. The molecule has 0 spiro atoms. The van der Waals surface area contributed by atoms with Gasteiger partial charge in [0.15, 0.2) is 0 Å². The molecule has 2 aliphatic rings. The van der Waals surface area contributed by atoms with Crippen LogP contribution in [-0.2, 0) is 14.3 Å². The third-order valence-corrected chi connectivity index (χ3v) is 10.9. The zero-order valence-electron chi connectivity index (χ0n) is 15.8. The Labute approximate surface area is 142 Å². The number of hydrogen-bond donors (Lipinski definition) is 0. The van der Waals surface area contributed by atoms with Crippen molar-refractivity contribution in [1.29, 1.82) is 0 Å². The Hall–Kier alpha value is -0.643. The van der Waals surface area contributed by atoms with E-state index < -0.39 is 8.56 Å².